The summed E-state index contributed by atoms with van der Waals surface area (Å²) in [4.78, 5) is 28.0. The van der Waals surface area contributed by atoms with Crippen molar-refractivity contribution in [3.05, 3.63) is 99.6 Å². The monoisotopic (exact) mass is 881 g/mol. The number of likely N-dealkylation sites (tertiary alicyclic amines) is 1. The molecule has 0 aliphatic carbocycles. The van der Waals surface area contributed by atoms with Crippen LogP contribution in [0.2, 0.25) is 0 Å². The molecule has 64 heavy (non-hydrogen) atoms. The SMILES string of the molecule is COc1ccc(CCc2nnc(C3=CCN(C(=O)OC(C)(C)C)CC3)cc2C)c(OC)c1.COc1ccc(CCc2nnc(C3CCN(C(=O)OC(C)(C)C)CC3)cc2C)c(OC)c1. The van der Waals surface area contributed by atoms with E-state index in [4.69, 9.17) is 28.4 Å². The molecule has 14 nitrogen and oxygen atoms in total. The van der Waals surface area contributed by atoms with Crippen LogP contribution in [0.5, 0.6) is 23.0 Å². The van der Waals surface area contributed by atoms with Crippen molar-refractivity contribution < 1.29 is 38.0 Å². The van der Waals surface area contributed by atoms with Gasteiger partial charge in [0.05, 0.1) is 51.2 Å². The van der Waals surface area contributed by atoms with Gasteiger partial charge in [-0.05, 0) is 152 Å². The van der Waals surface area contributed by atoms with E-state index in [2.05, 4.69) is 46.4 Å². The third-order valence-corrected chi connectivity index (χ3v) is 11.2. The minimum Gasteiger partial charge on any atom is -0.497 e. The molecule has 1 saturated heterocycles. The molecule has 0 radical (unpaired) electrons. The Kier molecular flexibility index (Phi) is 17.0. The van der Waals surface area contributed by atoms with Gasteiger partial charge < -0.3 is 38.2 Å². The molecule has 0 bridgehead atoms. The summed E-state index contributed by atoms with van der Waals surface area (Å²) in [5.41, 5.74) is 8.49. The number of piperidine rings is 1. The lowest BCUT2D eigenvalue weighted by atomic mass is 9.92. The Labute approximate surface area is 379 Å². The maximum Gasteiger partial charge on any atom is 0.410 e. The summed E-state index contributed by atoms with van der Waals surface area (Å²) < 4.78 is 32.5. The first-order valence-electron chi connectivity index (χ1n) is 22.1. The molecule has 346 valence electrons. The summed E-state index contributed by atoms with van der Waals surface area (Å²) in [6.45, 7) is 17.9. The predicted octanol–water partition coefficient (Wildman–Crippen LogP) is 9.31. The lowest BCUT2D eigenvalue weighted by molar-refractivity contribution is 0.0202. The first-order chi connectivity index (χ1) is 30.4. The number of methoxy groups -OCH3 is 4. The molecule has 0 spiro atoms. The molecule has 0 unspecified atom stereocenters. The van der Waals surface area contributed by atoms with Crippen LogP contribution >= 0.6 is 0 Å². The molecule has 2 aromatic carbocycles. The number of nitrogens with zero attached hydrogens (tertiary/aromatic N) is 6. The standard InChI is InChI=1S/C25H35N3O4.C25H33N3O4/c2*1-17-15-22(18-11-13-28(14-12-18)24(29)32-25(2,3)4)27-26-21(17)10-8-19-7-9-20(30-5)16-23(19)31-6/h7,9,15-16,18H,8,10-14H2,1-6H3;7,9,11,15-16H,8,10,12-14H2,1-6H3. The zero-order chi connectivity index (χ0) is 46.6. The minimum absolute atomic E-state index is 0.234. The minimum atomic E-state index is -0.491. The van der Waals surface area contributed by atoms with Crippen LogP contribution in [0.25, 0.3) is 5.57 Å². The molecule has 6 rings (SSSR count). The van der Waals surface area contributed by atoms with E-state index in [1.165, 1.54) is 0 Å². The number of hydrogen-bond acceptors (Lipinski definition) is 12. The quantitative estimate of drug-likeness (QED) is 0.134. The highest BCUT2D eigenvalue weighted by molar-refractivity contribution is 5.72. The summed E-state index contributed by atoms with van der Waals surface area (Å²) >= 11 is 0. The van der Waals surface area contributed by atoms with Crippen molar-refractivity contribution in [3.63, 3.8) is 0 Å². The van der Waals surface area contributed by atoms with Crippen molar-refractivity contribution in [2.75, 3.05) is 54.6 Å². The zero-order valence-electron chi connectivity index (χ0n) is 40.0. The average molecular weight is 881 g/mol. The molecule has 4 aromatic rings. The number of aryl methyl sites for hydroxylation is 6. The number of rotatable bonds is 12. The van der Waals surface area contributed by atoms with Gasteiger partial charge in [0, 0.05) is 44.2 Å². The van der Waals surface area contributed by atoms with Crippen molar-refractivity contribution in [3.8, 4) is 23.0 Å². The number of carbonyl (C=O) groups excluding carboxylic acids is 2. The Balaban J connectivity index is 0.000000241. The second-order valence-electron chi connectivity index (χ2n) is 18.3. The van der Waals surface area contributed by atoms with E-state index >= 15 is 0 Å². The maximum atomic E-state index is 12.3. The van der Waals surface area contributed by atoms with Crippen molar-refractivity contribution in [2.45, 2.75) is 117 Å². The van der Waals surface area contributed by atoms with Gasteiger partial charge in [0.2, 0.25) is 0 Å². The van der Waals surface area contributed by atoms with E-state index in [0.29, 0.717) is 32.1 Å². The Morgan fingerprint density at radius 2 is 1.11 bits per heavy atom. The first-order valence-corrected chi connectivity index (χ1v) is 22.1. The summed E-state index contributed by atoms with van der Waals surface area (Å²) in [7, 11) is 6.63. The van der Waals surface area contributed by atoms with E-state index in [0.717, 1.165) is 119 Å². The van der Waals surface area contributed by atoms with E-state index in [1.54, 1.807) is 38.2 Å². The Morgan fingerprint density at radius 1 is 0.609 bits per heavy atom. The molecule has 2 aliphatic rings. The molecule has 2 amide bonds. The van der Waals surface area contributed by atoms with Crippen LogP contribution < -0.4 is 18.9 Å². The fourth-order valence-electron chi connectivity index (χ4n) is 7.59. The molecular weight excluding hydrogens is 813 g/mol. The summed E-state index contributed by atoms with van der Waals surface area (Å²) in [6, 6.07) is 16.0. The number of carbonyl (C=O) groups is 2. The molecule has 0 atom stereocenters. The third-order valence-electron chi connectivity index (χ3n) is 11.2. The number of ether oxygens (including phenoxy) is 6. The Bertz CT molecular complexity index is 2240. The van der Waals surface area contributed by atoms with E-state index in [-0.39, 0.29) is 12.2 Å². The predicted molar refractivity (Wildman–Crippen MR) is 248 cm³/mol. The normalized spacial score (nSPS) is 14.5. The van der Waals surface area contributed by atoms with Gasteiger partial charge in [-0.1, -0.05) is 18.2 Å². The zero-order valence-corrected chi connectivity index (χ0v) is 40.0. The number of amides is 2. The molecule has 4 heterocycles. The fraction of sp³-hybridized carbons (Fsp3) is 0.520. The van der Waals surface area contributed by atoms with E-state index < -0.39 is 11.2 Å². The highest BCUT2D eigenvalue weighted by Gasteiger charge is 2.29. The third kappa shape index (κ3) is 14.0. The lowest BCUT2D eigenvalue weighted by Gasteiger charge is -2.33. The van der Waals surface area contributed by atoms with Gasteiger partial charge in [-0.15, -0.1) is 0 Å². The van der Waals surface area contributed by atoms with Crippen LogP contribution in [-0.2, 0) is 35.2 Å². The topological polar surface area (TPSA) is 148 Å². The highest BCUT2D eigenvalue weighted by Crippen LogP contribution is 2.31. The second kappa shape index (κ2) is 22.1. The Hall–Kier alpha value is -5.92. The van der Waals surface area contributed by atoms with Crippen molar-refractivity contribution >= 4 is 17.8 Å². The summed E-state index contributed by atoms with van der Waals surface area (Å²) in [5.74, 6) is 3.51. The van der Waals surface area contributed by atoms with Crippen LogP contribution in [0, 0.1) is 13.8 Å². The van der Waals surface area contributed by atoms with E-state index in [9.17, 15) is 9.59 Å². The van der Waals surface area contributed by atoms with Crippen molar-refractivity contribution in [1.29, 1.82) is 0 Å². The molecule has 0 saturated carbocycles. The van der Waals surface area contributed by atoms with Gasteiger partial charge in [-0.3, -0.25) is 0 Å². The fourth-order valence-corrected chi connectivity index (χ4v) is 7.59. The van der Waals surface area contributed by atoms with Gasteiger partial charge in [0.15, 0.2) is 0 Å². The van der Waals surface area contributed by atoms with Crippen LogP contribution in [0.1, 0.15) is 112 Å². The smallest absolute Gasteiger partial charge is 0.410 e. The van der Waals surface area contributed by atoms with Crippen molar-refractivity contribution in [1.82, 2.24) is 30.2 Å². The van der Waals surface area contributed by atoms with Gasteiger partial charge in [0.25, 0.3) is 0 Å². The molecule has 14 heteroatoms. The number of hydrogen-bond donors (Lipinski definition) is 0. The first kappa shape index (κ1) is 49.1. The van der Waals surface area contributed by atoms with Crippen molar-refractivity contribution in [2.24, 2.45) is 0 Å². The summed E-state index contributed by atoms with van der Waals surface area (Å²) in [6.07, 6.45) is 7.18. The van der Waals surface area contributed by atoms with Crippen LogP contribution in [-0.4, -0.2) is 108 Å². The molecule has 2 aromatic heterocycles. The van der Waals surface area contributed by atoms with Gasteiger partial charge in [-0.25, -0.2) is 9.59 Å². The summed E-state index contributed by atoms with van der Waals surface area (Å²) in [5, 5.41) is 18.0. The van der Waals surface area contributed by atoms with Gasteiger partial charge in [-0.2, -0.15) is 20.4 Å². The molecule has 0 N–H and O–H groups in total. The van der Waals surface area contributed by atoms with Gasteiger partial charge >= 0.3 is 12.2 Å². The van der Waals surface area contributed by atoms with Crippen LogP contribution in [0.4, 0.5) is 9.59 Å². The number of aromatic nitrogens is 4. The van der Waals surface area contributed by atoms with E-state index in [1.807, 2.05) is 84.0 Å². The molecule has 1 fully saturated rings. The second-order valence-corrected chi connectivity index (χ2v) is 18.3. The maximum absolute atomic E-state index is 12.3. The number of benzene rings is 2. The van der Waals surface area contributed by atoms with Gasteiger partial charge in [0.1, 0.15) is 34.2 Å². The average Bonchev–Trinajstić information content (AvgIpc) is 3.27. The van der Waals surface area contributed by atoms with Crippen LogP contribution in [0.15, 0.2) is 54.6 Å². The molecular formula is C50H68N6O8. The highest BCUT2D eigenvalue weighted by atomic mass is 16.6. The lowest BCUT2D eigenvalue weighted by Crippen LogP contribution is -2.41. The van der Waals surface area contributed by atoms with Crippen LogP contribution in [0.3, 0.4) is 0 Å². The Morgan fingerprint density at radius 3 is 1.55 bits per heavy atom. The molecule has 2 aliphatic heterocycles. The largest absolute Gasteiger partial charge is 0.497 e.